The first-order chi connectivity index (χ1) is 13.1. The monoisotopic (exact) mass is 370 g/mol. The molecule has 140 valence electrons. The van der Waals surface area contributed by atoms with Gasteiger partial charge < -0.3 is 18.9 Å². The number of nitrogens with zero attached hydrogens (tertiary/aromatic N) is 1. The smallest absolute Gasteiger partial charge is 0.374 e. The van der Waals surface area contributed by atoms with Gasteiger partial charge in [-0.05, 0) is 24.6 Å². The number of carbonyl (C=O) groups excluding carboxylic acids is 2. The highest BCUT2D eigenvalue weighted by Gasteiger charge is 2.17. The van der Waals surface area contributed by atoms with Crippen molar-refractivity contribution in [3.63, 3.8) is 0 Å². The normalized spacial score (nSPS) is 10.7. The summed E-state index contributed by atoms with van der Waals surface area (Å²) in [5.74, 6) is -0.509. The number of H-pyrrole nitrogens is 1. The molecule has 8 nitrogen and oxygen atoms in total. The van der Waals surface area contributed by atoms with E-state index in [1.807, 2.05) is 6.07 Å². The number of furan rings is 1. The lowest BCUT2D eigenvalue weighted by molar-refractivity contribution is -0.145. The number of aromatic nitrogens is 2. The van der Waals surface area contributed by atoms with Gasteiger partial charge in [0, 0.05) is 18.4 Å². The Labute approximate surface area is 154 Å². The number of esters is 2. The number of benzene rings is 1. The summed E-state index contributed by atoms with van der Waals surface area (Å²) in [5, 5.41) is 0.530. The van der Waals surface area contributed by atoms with E-state index in [9.17, 15) is 14.4 Å². The molecule has 0 aliphatic carbocycles. The van der Waals surface area contributed by atoms with Crippen molar-refractivity contribution in [2.75, 3.05) is 7.11 Å². The van der Waals surface area contributed by atoms with Gasteiger partial charge in [-0.1, -0.05) is 12.1 Å². The average Bonchev–Trinajstić information content (AvgIpc) is 3.14. The molecule has 0 spiro atoms. The molecule has 0 unspecified atom stereocenters. The maximum Gasteiger partial charge on any atom is 0.374 e. The van der Waals surface area contributed by atoms with E-state index in [2.05, 4.69) is 14.7 Å². The molecular weight excluding hydrogens is 352 g/mol. The lowest BCUT2D eigenvalue weighted by Gasteiger charge is -2.05. The van der Waals surface area contributed by atoms with Crippen LogP contribution in [0.4, 0.5) is 0 Å². The number of methoxy groups -OCH3 is 1. The predicted octanol–water partition coefficient (Wildman–Crippen LogP) is 2.37. The summed E-state index contributed by atoms with van der Waals surface area (Å²) < 4.78 is 14.8. The molecule has 0 radical (unpaired) electrons. The number of nitrogens with one attached hydrogen (secondary N) is 1. The van der Waals surface area contributed by atoms with E-state index in [-0.39, 0.29) is 24.3 Å². The van der Waals surface area contributed by atoms with Gasteiger partial charge in [-0.3, -0.25) is 9.59 Å². The zero-order chi connectivity index (χ0) is 19.2. The Kier molecular flexibility index (Phi) is 5.65. The second kappa shape index (κ2) is 8.31. The van der Waals surface area contributed by atoms with E-state index in [4.69, 9.17) is 9.15 Å². The fraction of sp³-hybridized carbons (Fsp3) is 0.263. The van der Waals surface area contributed by atoms with Crippen LogP contribution in [-0.4, -0.2) is 29.0 Å². The molecule has 0 bridgehead atoms. The molecular formula is C19H18N2O6. The third-order valence-electron chi connectivity index (χ3n) is 3.96. The van der Waals surface area contributed by atoms with Gasteiger partial charge in [0.25, 0.3) is 5.56 Å². The number of carbonyl (C=O) groups is 2. The van der Waals surface area contributed by atoms with Crippen LogP contribution >= 0.6 is 0 Å². The number of para-hydroxylation sites is 1. The van der Waals surface area contributed by atoms with Crippen molar-refractivity contribution in [1.82, 2.24) is 9.97 Å². The standard InChI is InChI=1S/C19H18N2O6/c1-25-19(24)17-12(9-10-26-17)11-27-16(22)8-4-7-15-20-14-6-3-2-5-13(14)18(23)21-15/h2-3,5-6,9-10H,4,7-8,11H2,1H3,(H,20,21,23). The highest BCUT2D eigenvalue weighted by atomic mass is 16.5. The van der Waals surface area contributed by atoms with Crippen LogP contribution in [0.15, 0.2) is 45.8 Å². The molecule has 1 N–H and O–H groups in total. The Bertz CT molecular complexity index is 1020. The van der Waals surface area contributed by atoms with Crippen LogP contribution in [0.1, 0.15) is 34.8 Å². The third kappa shape index (κ3) is 4.41. The van der Waals surface area contributed by atoms with Gasteiger partial charge in [-0.15, -0.1) is 0 Å². The Morgan fingerprint density at radius 3 is 2.85 bits per heavy atom. The summed E-state index contributed by atoms with van der Waals surface area (Å²) in [7, 11) is 1.24. The highest BCUT2D eigenvalue weighted by Crippen LogP contribution is 2.14. The van der Waals surface area contributed by atoms with Crippen molar-refractivity contribution in [1.29, 1.82) is 0 Å². The third-order valence-corrected chi connectivity index (χ3v) is 3.96. The molecule has 1 aromatic carbocycles. The number of hydrogen-bond acceptors (Lipinski definition) is 7. The maximum atomic E-state index is 12.0. The number of fused-ring (bicyclic) bond motifs is 1. The molecule has 0 saturated heterocycles. The molecule has 0 fully saturated rings. The average molecular weight is 370 g/mol. The fourth-order valence-electron chi connectivity index (χ4n) is 2.60. The summed E-state index contributed by atoms with van der Waals surface area (Å²) in [6, 6.07) is 8.62. The van der Waals surface area contributed by atoms with Gasteiger partial charge in [-0.2, -0.15) is 0 Å². The van der Waals surface area contributed by atoms with Crippen molar-refractivity contribution in [2.45, 2.75) is 25.9 Å². The van der Waals surface area contributed by atoms with E-state index in [0.717, 1.165) is 0 Å². The van der Waals surface area contributed by atoms with E-state index in [0.29, 0.717) is 35.1 Å². The van der Waals surface area contributed by atoms with E-state index >= 15 is 0 Å². The molecule has 0 aliphatic rings. The van der Waals surface area contributed by atoms with Crippen molar-refractivity contribution in [3.05, 3.63) is 64.1 Å². The fourth-order valence-corrected chi connectivity index (χ4v) is 2.60. The van der Waals surface area contributed by atoms with Gasteiger partial charge in [-0.25, -0.2) is 9.78 Å². The summed E-state index contributed by atoms with van der Waals surface area (Å²) >= 11 is 0. The van der Waals surface area contributed by atoms with Crippen LogP contribution in [0.2, 0.25) is 0 Å². The van der Waals surface area contributed by atoms with Crippen LogP contribution in [0.5, 0.6) is 0 Å². The van der Waals surface area contributed by atoms with E-state index in [1.54, 1.807) is 24.3 Å². The molecule has 0 saturated carbocycles. The van der Waals surface area contributed by atoms with Gasteiger partial charge >= 0.3 is 11.9 Å². The van der Waals surface area contributed by atoms with E-state index in [1.165, 1.54) is 13.4 Å². The Morgan fingerprint density at radius 2 is 2.04 bits per heavy atom. The van der Waals surface area contributed by atoms with Gasteiger partial charge in [0.1, 0.15) is 12.4 Å². The Balaban J connectivity index is 1.51. The summed E-state index contributed by atoms with van der Waals surface area (Å²) in [5.41, 5.74) is 0.860. The summed E-state index contributed by atoms with van der Waals surface area (Å²) in [6.45, 7) is -0.0785. The number of aromatic amines is 1. The van der Waals surface area contributed by atoms with Crippen molar-refractivity contribution < 1.29 is 23.5 Å². The lowest BCUT2D eigenvalue weighted by atomic mass is 10.2. The zero-order valence-corrected chi connectivity index (χ0v) is 14.7. The van der Waals surface area contributed by atoms with Gasteiger partial charge in [0.15, 0.2) is 0 Å². The van der Waals surface area contributed by atoms with Crippen LogP contribution in [0.3, 0.4) is 0 Å². The second-order valence-electron chi connectivity index (χ2n) is 5.81. The molecule has 0 atom stereocenters. The number of hydrogen-bond donors (Lipinski definition) is 1. The van der Waals surface area contributed by atoms with E-state index < -0.39 is 11.9 Å². The SMILES string of the molecule is COC(=O)c1occc1COC(=O)CCCc1nc2ccccc2c(=O)[nH]1. The second-order valence-corrected chi connectivity index (χ2v) is 5.81. The quantitative estimate of drug-likeness (QED) is 0.635. The number of aryl methyl sites for hydroxylation is 1. The number of ether oxygens (including phenoxy) is 2. The van der Waals surface area contributed by atoms with Crippen LogP contribution in [0.25, 0.3) is 10.9 Å². The van der Waals surface area contributed by atoms with Crippen LogP contribution in [-0.2, 0) is 27.3 Å². The first kappa shape index (κ1) is 18.4. The van der Waals surface area contributed by atoms with Crippen molar-refractivity contribution in [2.24, 2.45) is 0 Å². The predicted molar refractivity (Wildman–Crippen MR) is 95.1 cm³/mol. The van der Waals surface area contributed by atoms with Crippen molar-refractivity contribution >= 4 is 22.8 Å². The zero-order valence-electron chi connectivity index (χ0n) is 14.7. The molecule has 27 heavy (non-hydrogen) atoms. The summed E-state index contributed by atoms with van der Waals surface area (Å²) in [4.78, 5) is 42.5. The van der Waals surface area contributed by atoms with Gasteiger partial charge in [0.2, 0.25) is 5.76 Å². The Morgan fingerprint density at radius 1 is 1.22 bits per heavy atom. The van der Waals surface area contributed by atoms with Crippen LogP contribution < -0.4 is 5.56 Å². The highest BCUT2D eigenvalue weighted by molar-refractivity contribution is 5.87. The molecule has 0 aliphatic heterocycles. The van der Waals surface area contributed by atoms with Crippen LogP contribution in [0, 0.1) is 0 Å². The molecule has 2 aromatic heterocycles. The molecule has 2 heterocycles. The molecule has 8 heteroatoms. The summed E-state index contributed by atoms with van der Waals surface area (Å²) in [6.07, 6.45) is 2.39. The lowest BCUT2D eigenvalue weighted by Crippen LogP contribution is -2.12. The minimum Gasteiger partial charge on any atom is -0.463 e. The topological polar surface area (TPSA) is 111 Å². The molecule has 3 aromatic rings. The minimum atomic E-state index is -0.627. The largest absolute Gasteiger partial charge is 0.463 e. The van der Waals surface area contributed by atoms with Gasteiger partial charge in [0.05, 0.1) is 24.3 Å². The van der Waals surface area contributed by atoms with Crippen molar-refractivity contribution in [3.8, 4) is 0 Å². The molecule has 3 rings (SSSR count). The number of rotatable bonds is 7. The first-order valence-corrected chi connectivity index (χ1v) is 8.36. The Hall–Kier alpha value is -3.42. The maximum absolute atomic E-state index is 12.0. The first-order valence-electron chi connectivity index (χ1n) is 8.36. The molecule has 0 amide bonds. The minimum absolute atomic E-state index is 0.0169.